The summed E-state index contributed by atoms with van der Waals surface area (Å²) in [5.41, 5.74) is -2.19. The number of nitrogens with one attached hydrogen (secondary N) is 2. The van der Waals surface area contributed by atoms with E-state index < -0.39 is 28.9 Å². The van der Waals surface area contributed by atoms with Crippen LogP contribution in [0.25, 0.3) is 5.82 Å². The standard InChI is InChI=1S/C17H13F3N4O2/c1-10-14(16(26)24(23-10)13-8-4-5-9-21-13)15(25)22-12-7-3-2-6-11(12)17(18,19)20/h2-9,23H,1H3,(H,22,25). The predicted molar refractivity (Wildman–Crippen MR) is 88.3 cm³/mol. The summed E-state index contributed by atoms with van der Waals surface area (Å²) >= 11 is 0. The van der Waals surface area contributed by atoms with Crippen molar-refractivity contribution >= 4 is 11.6 Å². The van der Waals surface area contributed by atoms with E-state index in [4.69, 9.17) is 0 Å². The number of amides is 1. The minimum atomic E-state index is -4.63. The molecule has 26 heavy (non-hydrogen) atoms. The van der Waals surface area contributed by atoms with Crippen molar-refractivity contribution in [3.05, 3.63) is 75.8 Å². The molecular formula is C17H13F3N4O2. The largest absolute Gasteiger partial charge is 0.418 e. The lowest BCUT2D eigenvalue weighted by Crippen LogP contribution is -2.25. The van der Waals surface area contributed by atoms with Gasteiger partial charge in [-0.2, -0.15) is 13.2 Å². The number of aromatic nitrogens is 3. The first-order chi connectivity index (χ1) is 12.3. The maximum Gasteiger partial charge on any atom is 0.418 e. The summed E-state index contributed by atoms with van der Waals surface area (Å²) in [5.74, 6) is -0.675. The average Bonchev–Trinajstić information content (AvgIpc) is 2.89. The predicted octanol–water partition coefficient (Wildman–Crippen LogP) is 3.14. The van der Waals surface area contributed by atoms with Crippen LogP contribution in [0, 0.1) is 6.92 Å². The number of rotatable bonds is 3. The number of carbonyl (C=O) groups is 1. The molecule has 3 rings (SSSR count). The van der Waals surface area contributed by atoms with Gasteiger partial charge in [0.05, 0.1) is 11.3 Å². The van der Waals surface area contributed by atoms with Crippen molar-refractivity contribution in [1.29, 1.82) is 0 Å². The molecule has 2 N–H and O–H groups in total. The Bertz CT molecular complexity index is 1010. The molecule has 2 aromatic heterocycles. The SMILES string of the molecule is Cc1[nH]n(-c2ccccn2)c(=O)c1C(=O)Nc1ccccc1C(F)(F)F. The zero-order valence-electron chi connectivity index (χ0n) is 13.5. The van der Waals surface area contributed by atoms with E-state index in [-0.39, 0.29) is 17.1 Å². The Labute approximate surface area is 145 Å². The van der Waals surface area contributed by atoms with E-state index in [1.54, 1.807) is 18.2 Å². The van der Waals surface area contributed by atoms with Gasteiger partial charge in [0, 0.05) is 11.9 Å². The highest BCUT2D eigenvalue weighted by Crippen LogP contribution is 2.34. The second kappa shape index (κ2) is 6.51. The normalized spacial score (nSPS) is 11.4. The first-order valence-corrected chi connectivity index (χ1v) is 7.49. The third kappa shape index (κ3) is 3.23. The van der Waals surface area contributed by atoms with E-state index >= 15 is 0 Å². The molecule has 0 radical (unpaired) electrons. The number of hydrogen-bond donors (Lipinski definition) is 2. The first-order valence-electron chi connectivity index (χ1n) is 7.49. The molecule has 1 aromatic carbocycles. The highest BCUT2D eigenvalue weighted by atomic mass is 19.4. The summed E-state index contributed by atoms with van der Waals surface area (Å²) < 4.78 is 40.2. The van der Waals surface area contributed by atoms with Crippen LogP contribution < -0.4 is 10.9 Å². The average molecular weight is 362 g/mol. The van der Waals surface area contributed by atoms with Crippen molar-refractivity contribution in [3.63, 3.8) is 0 Å². The Balaban J connectivity index is 1.98. The first kappa shape index (κ1) is 17.5. The van der Waals surface area contributed by atoms with Crippen LogP contribution in [0.3, 0.4) is 0 Å². The summed E-state index contributed by atoms with van der Waals surface area (Å²) in [4.78, 5) is 29.0. The monoisotopic (exact) mass is 362 g/mol. The summed E-state index contributed by atoms with van der Waals surface area (Å²) in [6, 6.07) is 9.43. The zero-order valence-corrected chi connectivity index (χ0v) is 13.5. The number of anilines is 1. The molecule has 3 aromatic rings. The highest BCUT2D eigenvalue weighted by Gasteiger charge is 2.34. The molecule has 0 fully saturated rings. The molecule has 0 saturated heterocycles. The Kier molecular flexibility index (Phi) is 4.37. The van der Waals surface area contributed by atoms with Crippen molar-refractivity contribution in [2.75, 3.05) is 5.32 Å². The van der Waals surface area contributed by atoms with Crippen LogP contribution in [0.1, 0.15) is 21.6 Å². The van der Waals surface area contributed by atoms with Crippen molar-refractivity contribution in [1.82, 2.24) is 14.8 Å². The molecule has 134 valence electrons. The molecular weight excluding hydrogens is 349 g/mol. The summed E-state index contributed by atoms with van der Waals surface area (Å²) in [5, 5.41) is 4.87. The Hall–Kier alpha value is -3.36. The second-order valence-electron chi connectivity index (χ2n) is 5.44. The maximum atomic E-state index is 13.1. The van der Waals surface area contributed by atoms with E-state index in [9.17, 15) is 22.8 Å². The van der Waals surface area contributed by atoms with Crippen LogP contribution in [-0.2, 0) is 6.18 Å². The lowest BCUT2D eigenvalue weighted by molar-refractivity contribution is -0.136. The fourth-order valence-corrected chi connectivity index (χ4v) is 2.49. The number of aromatic amines is 1. The smallest absolute Gasteiger partial charge is 0.321 e. The van der Waals surface area contributed by atoms with E-state index in [1.807, 2.05) is 0 Å². The van der Waals surface area contributed by atoms with Crippen molar-refractivity contribution in [2.24, 2.45) is 0 Å². The zero-order chi connectivity index (χ0) is 18.9. The summed E-state index contributed by atoms with van der Waals surface area (Å²) in [6.45, 7) is 1.48. The van der Waals surface area contributed by atoms with Crippen LogP contribution in [0.4, 0.5) is 18.9 Å². The van der Waals surface area contributed by atoms with Gasteiger partial charge in [-0.3, -0.25) is 14.7 Å². The second-order valence-corrected chi connectivity index (χ2v) is 5.44. The molecule has 0 spiro atoms. The lowest BCUT2D eigenvalue weighted by Gasteiger charge is -2.13. The van der Waals surface area contributed by atoms with Crippen molar-refractivity contribution < 1.29 is 18.0 Å². The van der Waals surface area contributed by atoms with Crippen LogP contribution in [-0.4, -0.2) is 20.7 Å². The summed E-state index contributed by atoms with van der Waals surface area (Å²) in [6.07, 6.45) is -3.16. The van der Waals surface area contributed by atoms with Gasteiger partial charge >= 0.3 is 6.18 Å². The minimum absolute atomic E-state index is 0.211. The number of carbonyl (C=O) groups excluding carboxylic acids is 1. The number of H-pyrrole nitrogens is 1. The lowest BCUT2D eigenvalue weighted by atomic mass is 10.1. The van der Waals surface area contributed by atoms with Gasteiger partial charge in [-0.1, -0.05) is 18.2 Å². The van der Waals surface area contributed by atoms with E-state index in [0.717, 1.165) is 16.8 Å². The van der Waals surface area contributed by atoms with E-state index in [0.29, 0.717) is 0 Å². The van der Waals surface area contributed by atoms with Gasteiger partial charge in [0.1, 0.15) is 5.56 Å². The molecule has 0 saturated carbocycles. The molecule has 0 bridgehead atoms. The summed E-state index contributed by atoms with van der Waals surface area (Å²) in [7, 11) is 0. The van der Waals surface area contributed by atoms with E-state index in [2.05, 4.69) is 15.4 Å². The number of pyridine rings is 1. The Morgan fingerprint density at radius 1 is 1.15 bits per heavy atom. The Morgan fingerprint density at radius 2 is 1.85 bits per heavy atom. The van der Waals surface area contributed by atoms with Crippen molar-refractivity contribution in [2.45, 2.75) is 13.1 Å². The number of para-hydroxylation sites is 1. The molecule has 0 aliphatic rings. The number of hydrogen-bond acceptors (Lipinski definition) is 3. The number of alkyl halides is 3. The number of aryl methyl sites for hydroxylation is 1. The van der Waals surface area contributed by atoms with Crippen LogP contribution >= 0.6 is 0 Å². The van der Waals surface area contributed by atoms with Crippen molar-refractivity contribution in [3.8, 4) is 5.82 Å². The van der Waals surface area contributed by atoms with Gasteiger partial charge in [-0.05, 0) is 31.2 Å². The maximum absolute atomic E-state index is 13.1. The molecule has 0 aliphatic carbocycles. The van der Waals surface area contributed by atoms with Gasteiger partial charge < -0.3 is 5.32 Å². The molecule has 0 aliphatic heterocycles. The molecule has 0 unspecified atom stereocenters. The molecule has 2 heterocycles. The number of benzene rings is 1. The molecule has 9 heteroatoms. The van der Waals surface area contributed by atoms with Crippen LogP contribution in [0.15, 0.2) is 53.5 Å². The minimum Gasteiger partial charge on any atom is -0.321 e. The number of nitrogens with zero attached hydrogens (tertiary/aromatic N) is 2. The van der Waals surface area contributed by atoms with Crippen LogP contribution in [0.5, 0.6) is 0 Å². The number of halogens is 3. The molecule has 0 atom stereocenters. The molecule has 6 nitrogen and oxygen atoms in total. The van der Waals surface area contributed by atoms with Crippen LogP contribution in [0.2, 0.25) is 0 Å². The highest BCUT2D eigenvalue weighted by molar-refractivity contribution is 6.05. The van der Waals surface area contributed by atoms with Gasteiger partial charge in [-0.15, -0.1) is 0 Å². The Morgan fingerprint density at radius 3 is 2.50 bits per heavy atom. The third-order valence-corrected chi connectivity index (χ3v) is 3.66. The van der Waals surface area contributed by atoms with Gasteiger partial charge in [-0.25, -0.2) is 9.67 Å². The topological polar surface area (TPSA) is 79.8 Å². The fourth-order valence-electron chi connectivity index (χ4n) is 2.49. The van der Waals surface area contributed by atoms with E-state index in [1.165, 1.54) is 25.3 Å². The van der Waals surface area contributed by atoms with Gasteiger partial charge in [0.25, 0.3) is 11.5 Å². The quantitative estimate of drug-likeness (QED) is 0.751. The molecule has 1 amide bonds. The third-order valence-electron chi connectivity index (χ3n) is 3.66. The van der Waals surface area contributed by atoms with Gasteiger partial charge in [0.15, 0.2) is 5.82 Å². The fraction of sp³-hybridized carbons (Fsp3) is 0.118. The van der Waals surface area contributed by atoms with Gasteiger partial charge in [0.2, 0.25) is 0 Å².